The van der Waals surface area contributed by atoms with Gasteiger partial charge in [-0.1, -0.05) is 19.1 Å². The van der Waals surface area contributed by atoms with Crippen LogP contribution in [0.4, 0.5) is 5.69 Å². The molecule has 1 unspecified atom stereocenters. The van der Waals surface area contributed by atoms with Crippen molar-refractivity contribution in [1.29, 1.82) is 0 Å². The second-order valence-corrected chi connectivity index (χ2v) is 7.05. The van der Waals surface area contributed by atoms with Gasteiger partial charge >= 0.3 is 0 Å². The molecule has 1 aromatic carbocycles. The molecule has 1 saturated heterocycles. The summed E-state index contributed by atoms with van der Waals surface area (Å²) in [4.78, 5) is 2.11. The molecule has 1 heterocycles. The Morgan fingerprint density at radius 2 is 1.78 bits per heavy atom. The van der Waals surface area contributed by atoms with Gasteiger partial charge in [-0.2, -0.15) is 0 Å². The number of nitrogens with two attached hydrogens (primary N) is 1. The monoisotopic (exact) mass is 268 g/mol. The van der Waals surface area contributed by atoms with Gasteiger partial charge in [0.15, 0.2) is 9.84 Å². The van der Waals surface area contributed by atoms with Gasteiger partial charge in [-0.3, -0.25) is 0 Å². The Balaban J connectivity index is 2.07. The second-order valence-electron chi connectivity index (χ2n) is 4.75. The fraction of sp³-hybridized carbons (Fsp3) is 0.538. The number of rotatable bonds is 3. The molecule has 1 aliphatic rings. The molecular formula is C13H20N2O2S. The first kappa shape index (κ1) is 13.4. The number of hydrogen-bond acceptors (Lipinski definition) is 4. The first-order valence-electron chi connectivity index (χ1n) is 6.33. The standard InChI is InChI=1S/C13H20N2O2S/c1-2-13(14)11-3-5-12(6-4-11)15-7-9-18(16,17)10-8-15/h3-6,13H,2,7-10,14H2,1H3. The lowest BCUT2D eigenvalue weighted by Gasteiger charge is -2.29. The lowest BCUT2D eigenvalue weighted by Crippen LogP contribution is -2.40. The molecule has 18 heavy (non-hydrogen) atoms. The number of sulfone groups is 1. The van der Waals surface area contributed by atoms with E-state index in [4.69, 9.17) is 5.73 Å². The summed E-state index contributed by atoms with van der Waals surface area (Å²) in [7, 11) is -2.81. The Morgan fingerprint density at radius 3 is 2.28 bits per heavy atom. The molecule has 0 spiro atoms. The van der Waals surface area contributed by atoms with Crippen LogP contribution in [0.3, 0.4) is 0 Å². The zero-order valence-corrected chi connectivity index (χ0v) is 11.5. The molecular weight excluding hydrogens is 248 g/mol. The molecule has 2 rings (SSSR count). The Hall–Kier alpha value is -1.07. The van der Waals surface area contributed by atoms with Crippen LogP contribution in [0.1, 0.15) is 24.9 Å². The van der Waals surface area contributed by atoms with Crippen molar-refractivity contribution in [1.82, 2.24) is 0 Å². The maximum atomic E-state index is 11.4. The Morgan fingerprint density at radius 1 is 1.22 bits per heavy atom. The molecule has 0 bridgehead atoms. The van der Waals surface area contributed by atoms with E-state index in [0.717, 1.165) is 17.7 Å². The van der Waals surface area contributed by atoms with Crippen molar-refractivity contribution < 1.29 is 8.42 Å². The van der Waals surface area contributed by atoms with Crippen molar-refractivity contribution in [2.75, 3.05) is 29.5 Å². The molecule has 0 aliphatic carbocycles. The minimum atomic E-state index is -2.81. The van der Waals surface area contributed by atoms with E-state index < -0.39 is 9.84 Å². The van der Waals surface area contributed by atoms with Crippen LogP contribution in [0.25, 0.3) is 0 Å². The summed E-state index contributed by atoms with van der Waals surface area (Å²) in [6, 6.07) is 8.21. The van der Waals surface area contributed by atoms with Crippen LogP contribution in [0.15, 0.2) is 24.3 Å². The van der Waals surface area contributed by atoms with E-state index in [1.54, 1.807) is 0 Å². The summed E-state index contributed by atoms with van der Waals surface area (Å²) in [6.45, 7) is 3.23. The molecule has 0 aromatic heterocycles. The van der Waals surface area contributed by atoms with Gasteiger partial charge in [-0.15, -0.1) is 0 Å². The first-order valence-corrected chi connectivity index (χ1v) is 8.15. The molecule has 2 N–H and O–H groups in total. The van der Waals surface area contributed by atoms with Gasteiger partial charge in [-0.05, 0) is 24.1 Å². The van der Waals surface area contributed by atoms with Crippen LogP contribution in [0.2, 0.25) is 0 Å². The highest BCUT2D eigenvalue weighted by molar-refractivity contribution is 7.91. The Kier molecular flexibility index (Phi) is 3.92. The van der Waals surface area contributed by atoms with E-state index in [-0.39, 0.29) is 17.5 Å². The van der Waals surface area contributed by atoms with Crippen LogP contribution in [-0.4, -0.2) is 33.0 Å². The van der Waals surface area contributed by atoms with E-state index in [1.165, 1.54) is 0 Å². The van der Waals surface area contributed by atoms with E-state index in [9.17, 15) is 8.42 Å². The van der Waals surface area contributed by atoms with Crippen molar-refractivity contribution in [2.45, 2.75) is 19.4 Å². The maximum Gasteiger partial charge on any atom is 0.153 e. The quantitative estimate of drug-likeness (QED) is 0.898. The second kappa shape index (κ2) is 5.28. The van der Waals surface area contributed by atoms with Crippen molar-refractivity contribution in [3.63, 3.8) is 0 Å². The largest absolute Gasteiger partial charge is 0.369 e. The topological polar surface area (TPSA) is 63.4 Å². The lowest BCUT2D eigenvalue weighted by atomic mass is 10.1. The molecule has 1 fully saturated rings. The van der Waals surface area contributed by atoms with Crippen LogP contribution >= 0.6 is 0 Å². The number of nitrogens with zero attached hydrogens (tertiary/aromatic N) is 1. The molecule has 1 aliphatic heterocycles. The van der Waals surface area contributed by atoms with Gasteiger partial charge in [-0.25, -0.2) is 8.42 Å². The summed E-state index contributed by atoms with van der Waals surface area (Å²) in [5.41, 5.74) is 8.18. The molecule has 1 atom stereocenters. The average molecular weight is 268 g/mol. The number of benzene rings is 1. The van der Waals surface area contributed by atoms with E-state index >= 15 is 0 Å². The third-order valence-electron chi connectivity index (χ3n) is 3.47. The summed E-state index contributed by atoms with van der Waals surface area (Å²) in [5, 5.41) is 0. The van der Waals surface area contributed by atoms with E-state index in [1.807, 2.05) is 24.3 Å². The summed E-state index contributed by atoms with van der Waals surface area (Å²) in [5.74, 6) is 0.506. The Bertz CT molecular complexity index is 482. The van der Waals surface area contributed by atoms with Crippen LogP contribution in [-0.2, 0) is 9.84 Å². The smallest absolute Gasteiger partial charge is 0.153 e. The third-order valence-corrected chi connectivity index (χ3v) is 5.08. The minimum absolute atomic E-state index is 0.0841. The fourth-order valence-electron chi connectivity index (χ4n) is 2.14. The molecule has 0 radical (unpaired) electrons. The zero-order valence-electron chi connectivity index (χ0n) is 10.7. The van der Waals surface area contributed by atoms with Crippen molar-refractivity contribution in [3.8, 4) is 0 Å². The van der Waals surface area contributed by atoms with Crippen LogP contribution in [0.5, 0.6) is 0 Å². The maximum absolute atomic E-state index is 11.4. The zero-order chi connectivity index (χ0) is 13.2. The van der Waals surface area contributed by atoms with Gasteiger partial charge in [0.05, 0.1) is 11.5 Å². The predicted molar refractivity (Wildman–Crippen MR) is 74.5 cm³/mol. The van der Waals surface area contributed by atoms with Gasteiger partial charge in [0.25, 0.3) is 0 Å². The molecule has 1 aromatic rings. The van der Waals surface area contributed by atoms with Crippen molar-refractivity contribution in [3.05, 3.63) is 29.8 Å². The highest BCUT2D eigenvalue weighted by Gasteiger charge is 2.21. The van der Waals surface area contributed by atoms with E-state index in [2.05, 4.69) is 11.8 Å². The molecule has 4 nitrogen and oxygen atoms in total. The summed E-state index contributed by atoms with van der Waals surface area (Å²) < 4.78 is 22.7. The predicted octanol–water partition coefficient (Wildman–Crippen LogP) is 1.33. The summed E-state index contributed by atoms with van der Waals surface area (Å²) in [6.07, 6.45) is 0.918. The van der Waals surface area contributed by atoms with Crippen molar-refractivity contribution >= 4 is 15.5 Å². The molecule has 5 heteroatoms. The van der Waals surface area contributed by atoms with Gasteiger partial charge in [0, 0.05) is 24.8 Å². The third kappa shape index (κ3) is 3.03. The number of anilines is 1. The van der Waals surface area contributed by atoms with Gasteiger partial charge in [0.1, 0.15) is 0 Å². The number of hydrogen-bond donors (Lipinski definition) is 1. The molecule has 0 saturated carbocycles. The van der Waals surface area contributed by atoms with Crippen LogP contribution < -0.4 is 10.6 Å². The van der Waals surface area contributed by atoms with Gasteiger partial charge < -0.3 is 10.6 Å². The Labute approximate surface area is 109 Å². The SMILES string of the molecule is CCC(N)c1ccc(N2CCS(=O)(=O)CC2)cc1. The summed E-state index contributed by atoms with van der Waals surface area (Å²) >= 11 is 0. The van der Waals surface area contributed by atoms with Crippen LogP contribution in [0, 0.1) is 0 Å². The highest BCUT2D eigenvalue weighted by atomic mass is 32.2. The molecule has 0 amide bonds. The first-order chi connectivity index (χ1) is 8.52. The van der Waals surface area contributed by atoms with Gasteiger partial charge in [0.2, 0.25) is 0 Å². The molecule has 100 valence electrons. The minimum Gasteiger partial charge on any atom is -0.369 e. The fourth-order valence-corrected chi connectivity index (χ4v) is 3.34. The highest BCUT2D eigenvalue weighted by Crippen LogP contribution is 2.21. The lowest BCUT2D eigenvalue weighted by molar-refractivity contribution is 0.587. The average Bonchev–Trinajstić information content (AvgIpc) is 2.38. The van der Waals surface area contributed by atoms with E-state index in [0.29, 0.717) is 13.1 Å². The normalized spacial score (nSPS) is 20.7. The van der Waals surface area contributed by atoms with Crippen molar-refractivity contribution in [2.24, 2.45) is 5.73 Å².